The maximum Gasteiger partial charge on any atom is 0.415 e. The van der Waals surface area contributed by atoms with Crippen LogP contribution in [0, 0.1) is 0 Å². The minimum absolute atomic E-state index is 0.0353. The summed E-state index contributed by atoms with van der Waals surface area (Å²) in [5, 5.41) is 9.76. The Kier molecular flexibility index (Phi) is 3.53. The first-order valence-electron chi connectivity index (χ1n) is 6.69. The number of carbonyl (C=O) groups is 2. The average Bonchev–Trinajstić information content (AvgIpc) is 2.62. The number of hydrogen-bond acceptors (Lipinski definition) is 3. The second kappa shape index (κ2) is 4.91. The number of anilines is 1. The fraction of sp³-hybridized carbons (Fsp3) is 0.375. The van der Waals surface area contributed by atoms with Gasteiger partial charge >= 0.3 is 12.1 Å². The fourth-order valence-corrected chi connectivity index (χ4v) is 2.82. The number of para-hydroxylation sites is 1. The minimum Gasteiger partial charge on any atom is -0.479 e. The summed E-state index contributed by atoms with van der Waals surface area (Å²) in [5.41, 5.74) is -0.788. The summed E-state index contributed by atoms with van der Waals surface area (Å²) in [7, 11) is 0. The van der Waals surface area contributed by atoms with Gasteiger partial charge in [-0.05, 0) is 18.6 Å². The molecule has 1 aromatic rings. The lowest BCUT2D eigenvalue weighted by Gasteiger charge is -2.39. The van der Waals surface area contributed by atoms with Crippen molar-refractivity contribution in [1.82, 2.24) is 0 Å². The topological polar surface area (TPSA) is 66.8 Å². The highest BCUT2D eigenvalue weighted by atomic mass is 16.6. The molecule has 0 bridgehead atoms. The average molecular weight is 289 g/mol. The van der Waals surface area contributed by atoms with E-state index in [0.717, 1.165) is 5.56 Å². The van der Waals surface area contributed by atoms with Crippen LogP contribution in [-0.2, 0) is 14.9 Å². The van der Waals surface area contributed by atoms with Gasteiger partial charge in [-0.2, -0.15) is 0 Å². The van der Waals surface area contributed by atoms with Gasteiger partial charge in [0.05, 0.1) is 5.69 Å². The maximum absolute atomic E-state index is 12.4. The molecular weight excluding hydrogens is 270 g/mol. The van der Waals surface area contributed by atoms with Gasteiger partial charge in [-0.1, -0.05) is 44.7 Å². The van der Waals surface area contributed by atoms with Crippen LogP contribution >= 0.6 is 0 Å². The molecule has 1 aromatic carbocycles. The number of amides is 1. The predicted octanol–water partition coefficient (Wildman–Crippen LogP) is 2.95. The number of ether oxygens (including phenoxy) is 1. The van der Waals surface area contributed by atoms with E-state index >= 15 is 0 Å². The van der Waals surface area contributed by atoms with E-state index in [-0.39, 0.29) is 6.61 Å². The van der Waals surface area contributed by atoms with E-state index < -0.39 is 23.0 Å². The van der Waals surface area contributed by atoms with E-state index in [9.17, 15) is 14.7 Å². The Balaban J connectivity index is 2.62. The molecule has 5 nitrogen and oxygen atoms in total. The van der Waals surface area contributed by atoms with Gasteiger partial charge in [0, 0.05) is 5.41 Å². The lowest BCUT2D eigenvalue weighted by Crippen LogP contribution is -2.61. The van der Waals surface area contributed by atoms with Crippen LogP contribution in [0.15, 0.2) is 36.9 Å². The first-order chi connectivity index (χ1) is 9.78. The molecule has 0 aliphatic carbocycles. The Morgan fingerprint density at radius 1 is 1.33 bits per heavy atom. The molecule has 0 saturated carbocycles. The van der Waals surface area contributed by atoms with Crippen LogP contribution in [0.1, 0.15) is 26.3 Å². The maximum atomic E-state index is 12.4. The Morgan fingerprint density at radius 3 is 2.52 bits per heavy atom. The molecule has 0 spiro atoms. The fourth-order valence-electron chi connectivity index (χ4n) is 2.82. The molecule has 0 saturated heterocycles. The molecule has 112 valence electrons. The van der Waals surface area contributed by atoms with Gasteiger partial charge in [-0.15, -0.1) is 0 Å². The molecule has 1 aliphatic rings. The van der Waals surface area contributed by atoms with Gasteiger partial charge in [0.15, 0.2) is 5.54 Å². The van der Waals surface area contributed by atoms with Crippen LogP contribution < -0.4 is 4.90 Å². The van der Waals surface area contributed by atoms with Gasteiger partial charge in [-0.3, -0.25) is 4.90 Å². The van der Waals surface area contributed by atoms with Gasteiger partial charge in [-0.25, -0.2) is 9.59 Å². The van der Waals surface area contributed by atoms with E-state index in [4.69, 9.17) is 4.74 Å². The number of carboxylic acids is 1. The zero-order valence-corrected chi connectivity index (χ0v) is 12.4. The summed E-state index contributed by atoms with van der Waals surface area (Å²) in [6, 6.07) is 7.19. The van der Waals surface area contributed by atoms with Crippen molar-refractivity contribution in [3.05, 3.63) is 42.5 Å². The first kappa shape index (κ1) is 15.1. The molecule has 0 fully saturated rings. The van der Waals surface area contributed by atoms with E-state index in [2.05, 4.69) is 6.58 Å². The molecule has 1 unspecified atom stereocenters. The van der Waals surface area contributed by atoms with E-state index in [1.165, 1.54) is 11.0 Å². The normalized spacial score (nSPS) is 22.5. The van der Waals surface area contributed by atoms with Crippen molar-refractivity contribution in [3.63, 3.8) is 0 Å². The minimum atomic E-state index is -1.42. The lowest BCUT2D eigenvalue weighted by molar-refractivity contribution is -0.144. The van der Waals surface area contributed by atoms with Crippen LogP contribution in [0.5, 0.6) is 0 Å². The van der Waals surface area contributed by atoms with Crippen LogP contribution in [-0.4, -0.2) is 29.3 Å². The van der Waals surface area contributed by atoms with Crippen molar-refractivity contribution in [1.29, 1.82) is 0 Å². The molecule has 0 aromatic heterocycles. The molecule has 1 atom stereocenters. The Morgan fingerprint density at radius 2 is 1.95 bits per heavy atom. The van der Waals surface area contributed by atoms with E-state index in [1.807, 2.05) is 26.0 Å². The van der Waals surface area contributed by atoms with Crippen LogP contribution in [0.2, 0.25) is 0 Å². The molecule has 2 rings (SSSR count). The zero-order chi connectivity index (χ0) is 15.8. The lowest BCUT2D eigenvalue weighted by atomic mass is 9.71. The van der Waals surface area contributed by atoms with Gasteiger partial charge < -0.3 is 9.84 Å². The van der Waals surface area contributed by atoms with Crippen molar-refractivity contribution < 1.29 is 19.4 Å². The summed E-state index contributed by atoms with van der Waals surface area (Å²) >= 11 is 0. The number of rotatable bonds is 3. The quantitative estimate of drug-likeness (QED) is 0.869. The highest BCUT2D eigenvalue weighted by Gasteiger charge is 2.61. The predicted molar refractivity (Wildman–Crippen MR) is 79.5 cm³/mol. The van der Waals surface area contributed by atoms with Crippen molar-refractivity contribution >= 4 is 17.7 Å². The van der Waals surface area contributed by atoms with Crippen molar-refractivity contribution in [2.75, 3.05) is 11.5 Å². The van der Waals surface area contributed by atoms with Crippen molar-refractivity contribution in [2.45, 2.75) is 31.7 Å². The zero-order valence-electron chi connectivity index (χ0n) is 12.4. The van der Waals surface area contributed by atoms with E-state index in [1.54, 1.807) is 19.1 Å². The highest BCUT2D eigenvalue weighted by Crippen LogP contribution is 2.51. The summed E-state index contributed by atoms with van der Waals surface area (Å²) in [6.45, 7) is 8.71. The Hall–Kier alpha value is -2.30. The number of aliphatic carboxylic acids is 1. The summed E-state index contributed by atoms with van der Waals surface area (Å²) in [4.78, 5) is 25.5. The van der Waals surface area contributed by atoms with E-state index in [0.29, 0.717) is 5.69 Å². The largest absolute Gasteiger partial charge is 0.479 e. The third-order valence-corrected chi connectivity index (χ3v) is 4.41. The van der Waals surface area contributed by atoms with Gasteiger partial charge in [0.25, 0.3) is 0 Å². The second-order valence-corrected chi connectivity index (χ2v) is 5.72. The number of hydrogen-bond donors (Lipinski definition) is 1. The van der Waals surface area contributed by atoms with Crippen LogP contribution in [0.25, 0.3) is 0 Å². The third-order valence-electron chi connectivity index (χ3n) is 4.41. The van der Waals surface area contributed by atoms with Crippen LogP contribution in [0.3, 0.4) is 0 Å². The van der Waals surface area contributed by atoms with Gasteiger partial charge in [0.1, 0.15) is 6.61 Å². The first-order valence-corrected chi connectivity index (χ1v) is 6.69. The summed E-state index contributed by atoms with van der Waals surface area (Å²) in [5.74, 6) is -1.07. The molecule has 1 amide bonds. The molecule has 1 N–H and O–H groups in total. The summed E-state index contributed by atoms with van der Waals surface area (Å²) < 4.78 is 5.08. The molecule has 5 heteroatoms. The van der Waals surface area contributed by atoms with Crippen molar-refractivity contribution in [2.24, 2.45) is 0 Å². The van der Waals surface area contributed by atoms with Gasteiger partial charge in [0.2, 0.25) is 0 Å². The summed E-state index contributed by atoms with van der Waals surface area (Å²) in [6.07, 6.45) is 0.765. The second-order valence-electron chi connectivity index (χ2n) is 5.72. The molecular formula is C16H19NO4. The number of benzene rings is 1. The molecule has 0 radical (unpaired) electrons. The monoisotopic (exact) mass is 289 g/mol. The standard InChI is InChI=1S/C16H19NO4/c1-5-10-21-14(20)17-12-9-7-6-8-11(12)15(2,3)16(17,4)13(18)19/h5-9H,1,10H2,2-4H3,(H,18,19). The Bertz CT molecular complexity index is 608. The number of nitrogens with zero attached hydrogens (tertiary/aromatic N) is 1. The van der Waals surface area contributed by atoms with Crippen LogP contribution in [0.4, 0.5) is 10.5 Å². The van der Waals surface area contributed by atoms with Crippen molar-refractivity contribution in [3.8, 4) is 0 Å². The number of carbonyl (C=O) groups excluding carboxylic acids is 1. The smallest absolute Gasteiger partial charge is 0.415 e. The number of fused-ring (bicyclic) bond motifs is 1. The third kappa shape index (κ3) is 1.92. The highest BCUT2D eigenvalue weighted by molar-refractivity contribution is 6.03. The molecule has 21 heavy (non-hydrogen) atoms. The molecule has 1 aliphatic heterocycles. The molecule has 1 heterocycles. The Labute approximate surface area is 123 Å². The number of carboxylic acid groups (broad SMARTS) is 1. The SMILES string of the molecule is C=CCOC(=O)N1c2ccccc2C(C)(C)C1(C)C(=O)O.